The lowest BCUT2D eigenvalue weighted by atomic mass is 10.2. The van der Waals surface area contributed by atoms with E-state index in [-0.39, 0.29) is 40.0 Å². The highest BCUT2D eigenvalue weighted by molar-refractivity contribution is 7.89. The molecule has 8 heteroatoms. The molecule has 0 radical (unpaired) electrons. The Morgan fingerprint density at radius 1 is 1.08 bits per heavy atom. The van der Waals surface area contributed by atoms with Crippen LogP contribution in [0.4, 0.5) is 0 Å². The number of carbonyl (C=O) groups excluding carboxylic acids is 1. The second kappa shape index (κ2) is 7.96. The molecule has 2 aromatic rings. The van der Waals surface area contributed by atoms with E-state index in [4.69, 9.17) is 23.2 Å². The molecule has 2 aromatic carbocycles. The van der Waals surface area contributed by atoms with Crippen LogP contribution in [0.25, 0.3) is 0 Å². The third-order valence-corrected chi connectivity index (χ3v) is 6.52. The highest BCUT2D eigenvalue weighted by Crippen LogP contribution is 2.27. The van der Waals surface area contributed by atoms with Gasteiger partial charge in [0.2, 0.25) is 15.9 Å². The standard InChI is InChI=1S/C18H18Cl2N2O3S/c19-16-9-8-15(10-17(16)20)26(24,25)22(11-13-4-2-1-3-5-13)12-18(23)21-14-6-7-14/h1-5,8-10,14H,6-7,11-12H2,(H,21,23). The monoisotopic (exact) mass is 412 g/mol. The van der Waals surface area contributed by atoms with Crippen LogP contribution >= 0.6 is 23.2 Å². The molecule has 0 atom stereocenters. The molecule has 26 heavy (non-hydrogen) atoms. The van der Waals surface area contributed by atoms with E-state index in [0.29, 0.717) is 0 Å². The Bertz CT molecular complexity index is 900. The lowest BCUT2D eigenvalue weighted by Crippen LogP contribution is -2.41. The molecule has 5 nitrogen and oxygen atoms in total. The molecule has 0 aliphatic heterocycles. The van der Waals surface area contributed by atoms with Gasteiger partial charge in [0.25, 0.3) is 0 Å². The summed E-state index contributed by atoms with van der Waals surface area (Å²) >= 11 is 11.9. The Kier molecular flexibility index (Phi) is 5.87. The van der Waals surface area contributed by atoms with Crippen molar-refractivity contribution in [2.45, 2.75) is 30.3 Å². The summed E-state index contributed by atoms with van der Waals surface area (Å²) in [5.41, 5.74) is 0.787. The molecule has 0 aromatic heterocycles. The molecule has 0 saturated heterocycles. The molecule has 1 aliphatic rings. The number of nitrogens with zero attached hydrogens (tertiary/aromatic N) is 1. The van der Waals surface area contributed by atoms with Crippen LogP contribution < -0.4 is 5.32 Å². The Morgan fingerprint density at radius 3 is 2.38 bits per heavy atom. The maximum atomic E-state index is 13.1. The van der Waals surface area contributed by atoms with Crippen LogP contribution in [0.5, 0.6) is 0 Å². The lowest BCUT2D eigenvalue weighted by molar-refractivity contribution is -0.121. The SMILES string of the molecule is O=C(CN(Cc1ccccc1)S(=O)(=O)c1ccc(Cl)c(Cl)c1)NC1CC1. The van der Waals surface area contributed by atoms with Crippen molar-refractivity contribution in [1.82, 2.24) is 9.62 Å². The minimum absolute atomic E-state index is 0.00190. The first kappa shape index (κ1) is 19.2. The number of hydrogen-bond acceptors (Lipinski definition) is 3. The Balaban J connectivity index is 1.88. The molecule has 1 N–H and O–H groups in total. The van der Waals surface area contributed by atoms with E-state index < -0.39 is 10.0 Å². The predicted molar refractivity (Wildman–Crippen MR) is 102 cm³/mol. The average molecular weight is 413 g/mol. The van der Waals surface area contributed by atoms with Crippen LogP contribution in [0.2, 0.25) is 10.0 Å². The molecule has 1 saturated carbocycles. The normalized spacial score (nSPS) is 14.4. The molecule has 138 valence electrons. The fourth-order valence-electron chi connectivity index (χ4n) is 2.46. The number of amides is 1. The maximum absolute atomic E-state index is 13.1. The van der Waals surface area contributed by atoms with Crippen molar-refractivity contribution < 1.29 is 13.2 Å². The molecular formula is C18H18Cl2N2O3S. The number of sulfonamides is 1. The quantitative estimate of drug-likeness (QED) is 0.756. The van der Waals surface area contributed by atoms with E-state index in [1.54, 1.807) is 0 Å². The van der Waals surface area contributed by atoms with Gasteiger partial charge in [0, 0.05) is 12.6 Å². The zero-order chi connectivity index (χ0) is 18.7. The topological polar surface area (TPSA) is 66.5 Å². The second-order valence-electron chi connectivity index (χ2n) is 6.18. The van der Waals surface area contributed by atoms with Gasteiger partial charge < -0.3 is 5.32 Å². The summed E-state index contributed by atoms with van der Waals surface area (Å²) < 4.78 is 27.3. The zero-order valence-electron chi connectivity index (χ0n) is 13.9. The van der Waals surface area contributed by atoms with Gasteiger partial charge in [0.05, 0.1) is 21.5 Å². The van der Waals surface area contributed by atoms with E-state index in [9.17, 15) is 13.2 Å². The van der Waals surface area contributed by atoms with E-state index >= 15 is 0 Å². The highest BCUT2D eigenvalue weighted by Gasteiger charge is 2.30. The number of hydrogen-bond donors (Lipinski definition) is 1. The van der Waals surface area contributed by atoms with Crippen molar-refractivity contribution in [3.63, 3.8) is 0 Å². The fraction of sp³-hybridized carbons (Fsp3) is 0.278. The van der Waals surface area contributed by atoms with Crippen LogP contribution in [0.1, 0.15) is 18.4 Å². The van der Waals surface area contributed by atoms with Gasteiger partial charge in [-0.05, 0) is 36.6 Å². The van der Waals surface area contributed by atoms with Crippen LogP contribution in [-0.4, -0.2) is 31.2 Å². The zero-order valence-corrected chi connectivity index (χ0v) is 16.2. The third-order valence-electron chi connectivity index (χ3n) is 3.99. The molecule has 0 bridgehead atoms. The van der Waals surface area contributed by atoms with E-state index in [1.807, 2.05) is 30.3 Å². The summed E-state index contributed by atoms with van der Waals surface area (Å²) in [6, 6.07) is 13.4. The van der Waals surface area contributed by atoms with Gasteiger partial charge in [-0.1, -0.05) is 53.5 Å². The predicted octanol–water partition coefficient (Wildman–Crippen LogP) is 3.46. The summed E-state index contributed by atoms with van der Waals surface area (Å²) in [6.07, 6.45) is 1.87. The Morgan fingerprint density at radius 2 is 1.77 bits per heavy atom. The van der Waals surface area contributed by atoms with Crippen LogP contribution in [0.15, 0.2) is 53.4 Å². The molecule has 1 amide bonds. The van der Waals surface area contributed by atoms with Crippen molar-refractivity contribution in [1.29, 1.82) is 0 Å². The second-order valence-corrected chi connectivity index (χ2v) is 8.93. The van der Waals surface area contributed by atoms with E-state index in [0.717, 1.165) is 22.7 Å². The Labute approximate surface area is 163 Å². The summed E-state index contributed by atoms with van der Waals surface area (Å²) in [6.45, 7) is -0.171. The summed E-state index contributed by atoms with van der Waals surface area (Å²) in [5, 5.41) is 3.24. The first-order chi connectivity index (χ1) is 12.4. The summed E-state index contributed by atoms with van der Waals surface area (Å²) in [7, 11) is -3.92. The molecule has 0 spiro atoms. The number of carbonyl (C=O) groups is 1. The summed E-state index contributed by atoms with van der Waals surface area (Å²) in [5.74, 6) is -0.313. The Hall–Kier alpha value is -1.60. The van der Waals surface area contributed by atoms with Crippen molar-refractivity contribution in [3.8, 4) is 0 Å². The molecule has 0 unspecified atom stereocenters. The molecule has 3 rings (SSSR count). The highest BCUT2D eigenvalue weighted by atomic mass is 35.5. The van der Waals surface area contributed by atoms with Gasteiger partial charge in [-0.15, -0.1) is 0 Å². The fourth-order valence-corrected chi connectivity index (χ4v) is 4.23. The van der Waals surface area contributed by atoms with Crippen molar-refractivity contribution in [2.75, 3.05) is 6.54 Å². The molecule has 1 aliphatic carbocycles. The van der Waals surface area contributed by atoms with Gasteiger partial charge in [-0.25, -0.2) is 8.42 Å². The average Bonchev–Trinajstić information content (AvgIpc) is 3.41. The van der Waals surface area contributed by atoms with Crippen molar-refractivity contribution >= 4 is 39.1 Å². The van der Waals surface area contributed by atoms with Gasteiger partial charge in [0.15, 0.2) is 0 Å². The van der Waals surface area contributed by atoms with Gasteiger partial charge in [0.1, 0.15) is 0 Å². The number of benzene rings is 2. The number of rotatable bonds is 7. The molecule has 0 heterocycles. The molecule has 1 fully saturated rings. The van der Waals surface area contributed by atoms with Gasteiger partial charge in [-0.2, -0.15) is 4.31 Å². The van der Waals surface area contributed by atoms with Gasteiger partial charge >= 0.3 is 0 Å². The maximum Gasteiger partial charge on any atom is 0.243 e. The van der Waals surface area contributed by atoms with Crippen LogP contribution in [0.3, 0.4) is 0 Å². The number of nitrogens with one attached hydrogen (secondary N) is 1. The first-order valence-electron chi connectivity index (χ1n) is 8.15. The van der Waals surface area contributed by atoms with Gasteiger partial charge in [-0.3, -0.25) is 4.79 Å². The number of halogens is 2. The third kappa shape index (κ3) is 4.76. The minimum Gasteiger partial charge on any atom is -0.352 e. The van der Waals surface area contributed by atoms with Crippen molar-refractivity contribution in [2.24, 2.45) is 0 Å². The smallest absolute Gasteiger partial charge is 0.243 e. The van der Waals surface area contributed by atoms with Crippen LogP contribution in [-0.2, 0) is 21.4 Å². The van der Waals surface area contributed by atoms with Crippen molar-refractivity contribution in [3.05, 3.63) is 64.1 Å². The van der Waals surface area contributed by atoms with Crippen LogP contribution in [0, 0.1) is 0 Å². The summed E-state index contributed by atoms with van der Waals surface area (Å²) in [4.78, 5) is 12.2. The van der Waals surface area contributed by atoms with E-state index in [2.05, 4.69) is 5.32 Å². The largest absolute Gasteiger partial charge is 0.352 e. The molecular weight excluding hydrogens is 395 g/mol. The van der Waals surface area contributed by atoms with E-state index in [1.165, 1.54) is 18.2 Å². The lowest BCUT2D eigenvalue weighted by Gasteiger charge is -2.22. The minimum atomic E-state index is -3.92. The first-order valence-corrected chi connectivity index (χ1v) is 10.3.